The Kier molecular flexibility index (Phi) is 6.09. The van der Waals surface area contributed by atoms with Gasteiger partial charge in [0, 0.05) is 24.2 Å². The number of nitrogens with zero attached hydrogens (tertiary/aromatic N) is 2. The molecule has 1 unspecified atom stereocenters. The number of morpholine rings is 1. The first-order valence-corrected chi connectivity index (χ1v) is 11.7. The zero-order chi connectivity index (χ0) is 22.9. The molecule has 1 saturated heterocycles. The van der Waals surface area contributed by atoms with Crippen LogP contribution in [0, 0.1) is 0 Å². The lowest BCUT2D eigenvalue weighted by molar-refractivity contribution is -0.120. The Bertz CT molecular complexity index is 1130. The molecule has 3 aliphatic rings. The maximum absolute atomic E-state index is 13.4. The van der Waals surface area contributed by atoms with E-state index < -0.39 is 0 Å². The van der Waals surface area contributed by atoms with E-state index in [-0.39, 0.29) is 18.0 Å². The van der Waals surface area contributed by atoms with Gasteiger partial charge in [0.15, 0.2) is 0 Å². The minimum absolute atomic E-state index is 0.0301. The Morgan fingerprint density at radius 3 is 2.76 bits per heavy atom. The van der Waals surface area contributed by atoms with E-state index in [9.17, 15) is 9.59 Å². The van der Waals surface area contributed by atoms with E-state index in [0.717, 1.165) is 45.6 Å². The van der Waals surface area contributed by atoms with Crippen LogP contribution < -0.4 is 20.3 Å². The van der Waals surface area contributed by atoms with Crippen LogP contribution in [0.25, 0.3) is 5.70 Å². The molecular formula is C24H25BrN4O4. The van der Waals surface area contributed by atoms with Crippen molar-refractivity contribution in [1.29, 1.82) is 0 Å². The molecule has 3 heterocycles. The van der Waals surface area contributed by atoms with Crippen LogP contribution in [0.2, 0.25) is 0 Å². The van der Waals surface area contributed by atoms with Gasteiger partial charge in [0.2, 0.25) is 5.91 Å². The first kappa shape index (κ1) is 21.9. The van der Waals surface area contributed by atoms with Gasteiger partial charge in [0.1, 0.15) is 5.75 Å². The Morgan fingerprint density at radius 1 is 1.21 bits per heavy atom. The molecule has 0 saturated carbocycles. The summed E-state index contributed by atoms with van der Waals surface area (Å²) < 4.78 is 11.6. The summed E-state index contributed by atoms with van der Waals surface area (Å²) >= 11 is 3.54. The van der Waals surface area contributed by atoms with E-state index in [1.807, 2.05) is 47.4 Å². The molecular weight excluding hydrogens is 488 g/mol. The fourth-order valence-corrected chi connectivity index (χ4v) is 5.14. The molecule has 1 atom stereocenters. The maximum Gasteiger partial charge on any atom is 0.320 e. The number of carbonyl (C=O) groups excluding carboxylic acids is 2. The topological polar surface area (TPSA) is 83.1 Å². The van der Waals surface area contributed by atoms with Gasteiger partial charge < -0.3 is 25.0 Å². The molecule has 2 aromatic rings. The van der Waals surface area contributed by atoms with Gasteiger partial charge in [-0.1, -0.05) is 24.3 Å². The number of para-hydroxylation sites is 1. The Balaban J connectivity index is 1.52. The van der Waals surface area contributed by atoms with Crippen molar-refractivity contribution in [1.82, 2.24) is 15.5 Å². The molecule has 0 bridgehead atoms. The molecule has 2 N–H and O–H groups in total. The van der Waals surface area contributed by atoms with Crippen LogP contribution in [-0.4, -0.2) is 63.3 Å². The number of methoxy groups -OCH3 is 1. The van der Waals surface area contributed by atoms with E-state index in [1.165, 1.54) is 0 Å². The Labute approximate surface area is 200 Å². The van der Waals surface area contributed by atoms with Crippen molar-refractivity contribution in [3.05, 3.63) is 63.6 Å². The van der Waals surface area contributed by atoms with Crippen molar-refractivity contribution in [3.63, 3.8) is 0 Å². The number of ether oxygens (including phenoxy) is 2. The summed E-state index contributed by atoms with van der Waals surface area (Å²) in [7, 11) is 1.61. The largest absolute Gasteiger partial charge is 0.496 e. The maximum atomic E-state index is 13.4. The van der Waals surface area contributed by atoms with Crippen LogP contribution in [-0.2, 0) is 9.53 Å². The quantitative estimate of drug-likeness (QED) is 0.657. The Morgan fingerprint density at radius 2 is 2.00 bits per heavy atom. The van der Waals surface area contributed by atoms with E-state index in [1.54, 1.807) is 7.11 Å². The monoisotopic (exact) mass is 512 g/mol. The van der Waals surface area contributed by atoms with Gasteiger partial charge >= 0.3 is 6.03 Å². The lowest BCUT2D eigenvalue weighted by atomic mass is 9.88. The molecule has 2 aromatic carbocycles. The van der Waals surface area contributed by atoms with Crippen molar-refractivity contribution in [3.8, 4) is 5.75 Å². The number of amides is 3. The molecule has 9 heteroatoms. The standard InChI is InChI=1S/C24H25BrN4O4/c1-32-20-7-6-15(12-18(20)25)22-17-13-29(21(30)14-28-8-10-33-11-9-28)19-5-3-2-4-16(19)23(17)27-24(31)26-22/h2-7,12,22H,8-11,13-14H2,1H3,(H2,26,27,31). The number of urea groups is 1. The van der Waals surface area contributed by atoms with Crippen molar-refractivity contribution < 1.29 is 19.1 Å². The number of halogens is 1. The smallest absolute Gasteiger partial charge is 0.320 e. The van der Waals surface area contributed by atoms with Gasteiger partial charge in [-0.15, -0.1) is 0 Å². The number of hydrogen-bond donors (Lipinski definition) is 2. The van der Waals surface area contributed by atoms with Crippen LogP contribution in [0.5, 0.6) is 5.75 Å². The van der Waals surface area contributed by atoms with Crippen LogP contribution in [0.4, 0.5) is 10.5 Å². The third-order valence-electron chi connectivity index (χ3n) is 6.25. The number of rotatable bonds is 4. The highest BCUT2D eigenvalue weighted by Gasteiger charge is 2.37. The number of fused-ring (bicyclic) bond motifs is 2. The SMILES string of the molecule is COc1ccc(C2NC(=O)NC3=C2CN(C(=O)CN2CCOCC2)c2ccccc23)cc1Br. The van der Waals surface area contributed by atoms with Crippen molar-refractivity contribution in [2.24, 2.45) is 0 Å². The minimum Gasteiger partial charge on any atom is -0.496 e. The van der Waals surface area contributed by atoms with Gasteiger partial charge in [-0.3, -0.25) is 9.69 Å². The average molecular weight is 513 g/mol. The molecule has 8 nitrogen and oxygen atoms in total. The second kappa shape index (κ2) is 9.17. The van der Waals surface area contributed by atoms with E-state index >= 15 is 0 Å². The molecule has 0 spiro atoms. The van der Waals surface area contributed by atoms with Crippen LogP contribution in [0.1, 0.15) is 17.2 Å². The highest BCUT2D eigenvalue weighted by Crippen LogP contribution is 2.41. The fraction of sp³-hybridized carbons (Fsp3) is 0.333. The number of carbonyl (C=O) groups is 2. The lowest BCUT2D eigenvalue weighted by Crippen LogP contribution is -2.51. The second-order valence-corrected chi connectivity index (χ2v) is 9.07. The average Bonchev–Trinajstić information content (AvgIpc) is 2.83. The molecule has 0 radical (unpaired) electrons. The number of anilines is 1. The molecule has 3 amide bonds. The molecule has 0 aromatic heterocycles. The third-order valence-corrected chi connectivity index (χ3v) is 6.87. The zero-order valence-electron chi connectivity index (χ0n) is 18.3. The van der Waals surface area contributed by atoms with Gasteiger partial charge in [-0.2, -0.15) is 0 Å². The molecule has 1 fully saturated rings. The zero-order valence-corrected chi connectivity index (χ0v) is 19.9. The Hall–Kier alpha value is -2.88. The van der Waals surface area contributed by atoms with Crippen molar-refractivity contribution in [2.45, 2.75) is 6.04 Å². The van der Waals surface area contributed by atoms with Gasteiger partial charge in [-0.05, 0) is 39.7 Å². The number of benzene rings is 2. The van der Waals surface area contributed by atoms with E-state index in [4.69, 9.17) is 9.47 Å². The summed E-state index contributed by atoms with van der Waals surface area (Å²) in [5.41, 5.74) is 4.28. The summed E-state index contributed by atoms with van der Waals surface area (Å²) in [6, 6.07) is 12.8. The van der Waals surface area contributed by atoms with Crippen LogP contribution in [0.3, 0.4) is 0 Å². The number of nitrogens with one attached hydrogen (secondary N) is 2. The summed E-state index contributed by atoms with van der Waals surface area (Å²) in [5, 5.41) is 6.01. The summed E-state index contributed by atoms with van der Waals surface area (Å²) in [5.74, 6) is 0.743. The molecule has 5 rings (SSSR count). The molecule has 33 heavy (non-hydrogen) atoms. The van der Waals surface area contributed by atoms with Gasteiger partial charge in [-0.25, -0.2) is 4.79 Å². The van der Waals surface area contributed by atoms with Gasteiger partial charge in [0.05, 0.1) is 55.3 Å². The molecule has 0 aliphatic carbocycles. The second-order valence-electron chi connectivity index (χ2n) is 8.21. The lowest BCUT2D eigenvalue weighted by Gasteiger charge is -2.40. The number of hydrogen-bond acceptors (Lipinski definition) is 5. The van der Waals surface area contributed by atoms with Crippen molar-refractivity contribution in [2.75, 3.05) is 51.4 Å². The first-order valence-electron chi connectivity index (χ1n) is 10.9. The summed E-state index contributed by atoms with van der Waals surface area (Å²) in [6.45, 7) is 3.49. The summed E-state index contributed by atoms with van der Waals surface area (Å²) in [4.78, 5) is 30.0. The predicted molar refractivity (Wildman–Crippen MR) is 128 cm³/mol. The predicted octanol–water partition coefficient (Wildman–Crippen LogP) is 2.90. The van der Waals surface area contributed by atoms with Crippen LogP contribution in [0.15, 0.2) is 52.5 Å². The summed E-state index contributed by atoms with van der Waals surface area (Å²) in [6.07, 6.45) is 0. The van der Waals surface area contributed by atoms with Crippen LogP contribution >= 0.6 is 15.9 Å². The van der Waals surface area contributed by atoms with E-state index in [0.29, 0.717) is 32.1 Å². The van der Waals surface area contributed by atoms with Gasteiger partial charge in [0.25, 0.3) is 0 Å². The normalized spacial score (nSPS) is 20.5. The fourth-order valence-electron chi connectivity index (χ4n) is 4.58. The van der Waals surface area contributed by atoms with E-state index in [2.05, 4.69) is 31.5 Å². The van der Waals surface area contributed by atoms with Crippen molar-refractivity contribution >= 4 is 39.3 Å². The molecule has 3 aliphatic heterocycles. The molecule has 172 valence electrons. The first-order chi connectivity index (χ1) is 16.0. The highest BCUT2D eigenvalue weighted by atomic mass is 79.9. The highest BCUT2D eigenvalue weighted by molar-refractivity contribution is 9.10. The third kappa shape index (κ3) is 4.23. The minimum atomic E-state index is -0.372.